The maximum absolute atomic E-state index is 12.8. The molecule has 0 spiro atoms. The van der Waals surface area contributed by atoms with Gasteiger partial charge < -0.3 is 74.7 Å². The average molecular weight is 641 g/mol. The minimum Gasteiger partial charge on any atom is -0.504 e. The molecule has 2 fully saturated rings. The van der Waals surface area contributed by atoms with E-state index in [0.29, 0.717) is 5.56 Å². The summed E-state index contributed by atoms with van der Waals surface area (Å²) in [7, 11) is 0. The maximum atomic E-state index is 12.8. The Morgan fingerprint density at radius 3 is 2.16 bits per heavy atom. The molecule has 0 radical (unpaired) electrons. The smallest absolute Gasteiger partial charge is 0.331 e. The molecule has 2 heterocycles. The molecule has 2 aliphatic rings. The summed E-state index contributed by atoms with van der Waals surface area (Å²) in [4.78, 5) is 12.8. The number of hydrogen-bond donors (Lipinski definition) is 10. The summed E-state index contributed by atoms with van der Waals surface area (Å²) in [6.07, 6.45) is -15.0. The molecule has 2 aromatic rings. The molecule has 2 aliphatic heterocycles. The first kappa shape index (κ1) is 34.3. The van der Waals surface area contributed by atoms with E-state index >= 15 is 0 Å². The van der Waals surface area contributed by atoms with Crippen molar-refractivity contribution >= 4 is 12.0 Å². The quantitative estimate of drug-likeness (QED) is 0.0802. The van der Waals surface area contributed by atoms with Crippen LogP contribution in [0.4, 0.5) is 0 Å². The van der Waals surface area contributed by atoms with Gasteiger partial charge in [-0.3, -0.25) is 0 Å². The van der Waals surface area contributed by atoms with E-state index in [9.17, 15) is 55.9 Å². The summed E-state index contributed by atoms with van der Waals surface area (Å²) in [6.45, 7) is 0.0546. The molecular weight excluding hydrogens is 604 g/mol. The number of aliphatic hydroxyl groups excluding tert-OH is 6. The second-order valence-electron chi connectivity index (χ2n) is 10.6. The molecular formula is C29H36O16. The second-order valence-corrected chi connectivity index (χ2v) is 10.6. The molecule has 1 unspecified atom stereocenters. The Morgan fingerprint density at radius 2 is 1.51 bits per heavy atom. The lowest BCUT2D eigenvalue weighted by Gasteiger charge is -2.46. The average Bonchev–Trinajstić information content (AvgIpc) is 3.01. The Kier molecular flexibility index (Phi) is 11.2. The summed E-state index contributed by atoms with van der Waals surface area (Å²) < 4.78 is 27.9. The maximum Gasteiger partial charge on any atom is 0.331 e. The highest BCUT2D eigenvalue weighted by molar-refractivity contribution is 5.87. The molecule has 0 amide bonds. The SMILES string of the molecule is C[C@@H]1O[C@@H](O[C@@H]2[C@@H](O)[C@H](OCC(O)c3ccc(O)c(O)c3)O[C@H](CO)[C@H]2OC(=O)/C=C/c2ccc(O)c(O)c2)[C@H](O)[C@H](O)[C@H]1O. The van der Waals surface area contributed by atoms with Gasteiger partial charge in [-0.1, -0.05) is 12.1 Å². The predicted molar refractivity (Wildman–Crippen MR) is 148 cm³/mol. The van der Waals surface area contributed by atoms with Gasteiger partial charge in [0, 0.05) is 6.08 Å². The first-order valence-corrected chi connectivity index (χ1v) is 13.8. The number of ether oxygens (including phenoxy) is 5. The lowest BCUT2D eigenvalue weighted by Crippen LogP contribution is -2.65. The minimum atomic E-state index is -1.83. The van der Waals surface area contributed by atoms with Crippen LogP contribution >= 0.6 is 0 Å². The number of carbonyl (C=O) groups is 1. The molecule has 0 aliphatic carbocycles. The topological polar surface area (TPSA) is 266 Å². The van der Waals surface area contributed by atoms with E-state index in [1.54, 1.807) is 0 Å². The number of phenolic OH excluding ortho intramolecular Hbond substituents is 4. The van der Waals surface area contributed by atoms with E-state index in [1.165, 1.54) is 37.3 Å². The van der Waals surface area contributed by atoms with Crippen molar-refractivity contribution in [2.75, 3.05) is 13.2 Å². The van der Waals surface area contributed by atoms with Crippen LogP contribution in [0.1, 0.15) is 24.2 Å². The molecule has 0 saturated carbocycles. The van der Waals surface area contributed by atoms with E-state index < -0.39 is 104 Å². The number of esters is 1. The van der Waals surface area contributed by atoms with Gasteiger partial charge >= 0.3 is 5.97 Å². The van der Waals surface area contributed by atoms with Gasteiger partial charge in [-0.15, -0.1) is 0 Å². The van der Waals surface area contributed by atoms with Gasteiger partial charge in [-0.05, 0) is 48.4 Å². The highest BCUT2D eigenvalue weighted by atomic mass is 16.7. The fraction of sp³-hybridized carbons (Fsp3) is 0.483. The van der Waals surface area contributed by atoms with Crippen LogP contribution in [0.3, 0.4) is 0 Å². The van der Waals surface area contributed by atoms with Gasteiger partial charge in [-0.2, -0.15) is 0 Å². The van der Waals surface area contributed by atoms with Crippen LogP contribution in [0.5, 0.6) is 23.0 Å². The van der Waals surface area contributed by atoms with Crippen LogP contribution in [0.25, 0.3) is 6.08 Å². The number of aromatic hydroxyl groups is 4. The highest BCUT2D eigenvalue weighted by Gasteiger charge is 2.52. The Labute approximate surface area is 256 Å². The van der Waals surface area contributed by atoms with Crippen molar-refractivity contribution in [3.8, 4) is 23.0 Å². The summed E-state index contributed by atoms with van der Waals surface area (Å²) in [6, 6.07) is 7.32. The van der Waals surface area contributed by atoms with Crippen molar-refractivity contribution in [3.05, 3.63) is 53.6 Å². The Bertz CT molecular complexity index is 1340. The monoisotopic (exact) mass is 640 g/mol. The van der Waals surface area contributed by atoms with Gasteiger partial charge in [0.2, 0.25) is 0 Å². The summed E-state index contributed by atoms with van der Waals surface area (Å²) in [5.74, 6) is -2.75. The standard InChI is InChI=1S/C29H36O16/c1-12-22(37)23(38)24(39)29(42-12)45-27-25(40)28(41-11-19(35)14-4-6-16(32)18(34)9-14)43-20(10-30)26(27)44-21(36)7-3-13-2-5-15(31)17(33)8-13/h2-9,12,19-20,22-35,37-40H,10-11H2,1H3/b7-3+/t12-,19?,20+,22-,23+,24+,25+,26+,27+,28+,29-/m0/s1. The van der Waals surface area contributed by atoms with E-state index in [4.69, 9.17) is 23.7 Å². The molecule has 4 rings (SSSR count). The lowest BCUT2D eigenvalue weighted by atomic mass is 9.97. The number of phenols is 4. The third-order valence-electron chi connectivity index (χ3n) is 7.36. The van der Waals surface area contributed by atoms with Gasteiger partial charge in [0.1, 0.15) is 42.7 Å². The zero-order valence-electron chi connectivity index (χ0n) is 23.8. The van der Waals surface area contributed by atoms with Crippen molar-refractivity contribution in [1.29, 1.82) is 0 Å². The molecule has 45 heavy (non-hydrogen) atoms. The Hall–Kier alpha value is -3.55. The molecule has 11 atom stereocenters. The van der Waals surface area contributed by atoms with Crippen LogP contribution in [-0.4, -0.2) is 132 Å². The molecule has 2 saturated heterocycles. The van der Waals surface area contributed by atoms with Gasteiger partial charge in [0.15, 0.2) is 41.7 Å². The van der Waals surface area contributed by atoms with E-state index in [1.807, 2.05) is 0 Å². The van der Waals surface area contributed by atoms with Crippen LogP contribution < -0.4 is 0 Å². The summed E-state index contributed by atoms with van der Waals surface area (Å²) in [5, 5.41) is 101. The van der Waals surface area contributed by atoms with Crippen molar-refractivity contribution in [2.24, 2.45) is 0 Å². The van der Waals surface area contributed by atoms with Crippen LogP contribution in [0, 0.1) is 0 Å². The third-order valence-corrected chi connectivity index (χ3v) is 7.36. The zero-order chi connectivity index (χ0) is 33.0. The molecule has 248 valence electrons. The van der Waals surface area contributed by atoms with E-state index in [0.717, 1.165) is 18.2 Å². The largest absolute Gasteiger partial charge is 0.504 e. The van der Waals surface area contributed by atoms with Crippen LogP contribution in [0.2, 0.25) is 0 Å². The number of aliphatic hydroxyl groups is 6. The number of rotatable bonds is 10. The Balaban J connectivity index is 1.54. The zero-order valence-corrected chi connectivity index (χ0v) is 23.8. The number of carbonyl (C=O) groups excluding carboxylic acids is 1. The number of hydrogen-bond acceptors (Lipinski definition) is 16. The first-order chi connectivity index (χ1) is 21.3. The molecule has 16 nitrogen and oxygen atoms in total. The molecule has 2 aromatic carbocycles. The Morgan fingerprint density at radius 1 is 0.844 bits per heavy atom. The van der Waals surface area contributed by atoms with Crippen LogP contribution in [0.15, 0.2) is 42.5 Å². The molecule has 10 N–H and O–H groups in total. The van der Waals surface area contributed by atoms with Gasteiger partial charge in [-0.25, -0.2) is 4.79 Å². The third kappa shape index (κ3) is 8.00. The van der Waals surface area contributed by atoms with Gasteiger partial charge in [0.05, 0.1) is 19.3 Å². The fourth-order valence-electron chi connectivity index (χ4n) is 4.77. The summed E-state index contributed by atoms with van der Waals surface area (Å²) >= 11 is 0. The molecule has 16 heteroatoms. The van der Waals surface area contributed by atoms with Crippen molar-refractivity contribution in [2.45, 2.75) is 74.4 Å². The van der Waals surface area contributed by atoms with E-state index in [2.05, 4.69) is 0 Å². The number of benzene rings is 2. The van der Waals surface area contributed by atoms with Crippen LogP contribution in [-0.2, 0) is 28.5 Å². The first-order valence-electron chi connectivity index (χ1n) is 13.8. The highest BCUT2D eigenvalue weighted by Crippen LogP contribution is 2.33. The summed E-state index contributed by atoms with van der Waals surface area (Å²) in [5.41, 5.74) is 0.450. The van der Waals surface area contributed by atoms with Crippen molar-refractivity contribution in [1.82, 2.24) is 0 Å². The molecule has 0 bridgehead atoms. The van der Waals surface area contributed by atoms with E-state index in [-0.39, 0.29) is 11.3 Å². The minimum absolute atomic E-state index is 0.142. The fourth-order valence-corrected chi connectivity index (χ4v) is 4.77. The second kappa shape index (κ2) is 14.7. The molecule has 0 aromatic heterocycles. The predicted octanol–water partition coefficient (Wildman–Crippen LogP) is -1.53. The van der Waals surface area contributed by atoms with Crippen molar-refractivity contribution < 1.29 is 79.5 Å². The lowest BCUT2D eigenvalue weighted by molar-refractivity contribution is -0.358. The van der Waals surface area contributed by atoms with Crippen molar-refractivity contribution in [3.63, 3.8) is 0 Å². The van der Waals surface area contributed by atoms with Gasteiger partial charge in [0.25, 0.3) is 0 Å². The normalized spacial score (nSPS) is 32.8.